The van der Waals surface area contributed by atoms with Crippen LogP contribution in [0.4, 0.5) is 23.2 Å². The maximum atomic E-state index is 13.0. The maximum absolute atomic E-state index is 13.0. The van der Waals surface area contributed by atoms with E-state index in [1.54, 1.807) is 0 Å². The first kappa shape index (κ1) is 12.4. The van der Waals surface area contributed by atoms with E-state index in [2.05, 4.69) is 0 Å². The van der Waals surface area contributed by atoms with Crippen molar-refractivity contribution in [3.63, 3.8) is 0 Å². The number of nitro benzene ring substituents is 1. The van der Waals surface area contributed by atoms with Crippen molar-refractivity contribution in [1.29, 1.82) is 0 Å². The first-order valence-corrected chi connectivity index (χ1v) is 3.99. The third-order valence-corrected chi connectivity index (χ3v) is 1.88. The van der Waals surface area contributed by atoms with Crippen molar-refractivity contribution in [2.75, 3.05) is 0 Å². The number of nitrogens with two attached hydrogens (primary N) is 1. The summed E-state index contributed by atoms with van der Waals surface area (Å²) in [5.41, 5.74) is 3.17. The van der Waals surface area contributed by atoms with Gasteiger partial charge >= 0.3 is 6.18 Å². The molecule has 0 amide bonds. The molecular formula is C8H6F4N2O2. The topological polar surface area (TPSA) is 69.2 Å². The molecule has 8 heteroatoms. The first-order valence-electron chi connectivity index (χ1n) is 3.99. The van der Waals surface area contributed by atoms with Crippen molar-refractivity contribution in [2.24, 2.45) is 5.73 Å². The molecule has 2 N–H and O–H groups in total. The summed E-state index contributed by atoms with van der Waals surface area (Å²) in [6, 6.07) is -0.749. The van der Waals surface area contributed by atoms with E-state index in [9.17, 15) is 27.7 Å². The van der Waals surface area contributed by atoms with Crippen molar-refractivity contribution >= 4 is 5.69 Å². The largest absolute Gasteiger partial charge is 0.407 e. The zero-order valence-electron chi connectivity index (χ0n) is 7.66. The number of halogens is 4. The number of hydrogen-bond donors (Lipinski definition) is 1. The molecule has 1 atom stereocenters. The van der Waals surface area contributed by atoms with Gasteiger partial charge in [-0.3, -0.25) is 10.1 Å². The van der Waals surface area contributed by atoms with Gasteiger partial charge in [0, 0.05) is 17.7 Å². The van der Waals surface area contributed by atoms with Crippen molar-refractivity contribution < 1.29 is 22.5 Å². The average Bonchev–Trinajstić information content (AvgIpc) is 2.15. The molecule has 1 rings (SSSR count). The lowest BCUT2D eigenvalue weighted by Gasteiger charge is -2.16. The number of rotatable bonds is 2. The SMILES string of the molecule is N[C@H](c1cc([N+](=O)[O-])ccc1F)C(F)(F)F. The first-order chi connectivity index (χ1) is 7.23. The van der Waals surface area contributed by atoms with Crippen LogP contribution in [0.3, 0.4) is 0 Å². The summed E-state index contributed by atoms with van der Waals surface area (Å²) in [5, 5.41) is 10.3. The lowest BCUT2D eigenvalue weighted by atomic mass is 10.1. The van der Waals surface area contributed by atoms with Gasteiger partial charge in [-0.2, -0.15) is 13.2 Å². The molecule has 0 bridgehead atoms. The Bertz CT molecular complexity index is 419. The number of alkyl halides is 3. The molecule has 4 nitrogen and oxygen atoms in total. The van der Waals surface area contributed by atoms with Gasteiger partial charge in [0.1, 0.15) is 11.9 Å². The van der Waals surface area contributed by atoms with E-state index in [0.717, 1.165) is 6.07 Å². The van der Waals surface area contributed by atoms with Gasteiger partial charge < -0.3 is 5.73 Å². The van der Waals surface area contributed by atoms with Gasteiger partial charge in [0.05, 0.1) is 4.92 Å². The molecule has 88 valence electrons. The lowest BCUT2D eigenvalue weighted by Crippen LogP contribution is -2.29. The van der Waals surface area contributed by atoms with Crippen LogP contribution in [0.2, 0.25) is 0 Å². The number of hydrogen-bond acceptors (Lipinski definition) is 3. The van der Waals surface area contributed by atoms with Crippen LogP contribution in [0.1, 0.15) is 11.6 Å². The molecule has 0 radical (unpaired) electrons. The molecule has 0 spiro atoms. The fraction of sp³-hybridized carbons (Fsp3) is 0.250. The highest BCUT2D eigenvalue weighted by atomic mass is 19.4. The lowest BCUT2D eigenvalue weighted by molar-refractivity contribution is -0.385. The van der Waals surface area contributed by atoms with Crippen molar-refractivity contribution in [1.82, 2.24) is 0 Å². The Balaban J connectivity index is 3.22. The summed E-state index contributed by atoms with van der Waals surface area (Å²) >= 11 is 0. The number of nitrogens with zero attached hydrogens (tertiary/aromatic N) is 1. The minimum atomic E-state index is -4.85. The Morgan fingerprint density at radius 2 is 1.94 bits per heavy atom. The van der Waals surface area contributed by atoms with Gasteiger partial charge in [-0.1, -0.05) is 0 Å². The summed E-state index contributed by atoms with van der Waals surface area (Å²) in [6.45, 7) is 0. The summed E-state index contributed by atoms with van der Waals surface area (Å²) < 4.78 is 49.6. The molecule has 0 heterocycles. The zero-order chi connectivity index (χ0) is 12.5. The molecule has 16 heavy (non-hydrogen) atoms. The second kappa shape index (κ2) is 4.05. The van der Waals surface area contributed by atoms with E-state index >= 15 is 0 Å². The van der Waals surface area contributed by atoms with Gasteiger partial charge in [0.2, 0.25) is 0 Å². The minimum absolute atomic E-state index is 0.480. The highest BCUT2D eigenvalue weighted by Gasteiger charge is 2.39. The Morgan fingerprint density at radius 3 is 2.38 bits per heavy atom. The van der Waals surface area contributed by atoms with E-state index in [1.807, 2.05) is 0 Å². The quantitative estimate of drug-likeness (QED) is 0.488. The minimum Gasteiger partial charge on any atom is -0.316 e. The van der Waals surface area contributed by atoms with Gasteiger partial charge in [-0.05, 0) is 6.07 Å². The fourth-order valence-corrected chi connectivity index (χ4v) is 1.06. The summed E-state index contributed by atoms with van der Waals surface area (Å²) in [5.74, 6) is -1.23. The van der Waals surface area contributed by atoms with Gasteiger partial charge in [0.25, 0.3) is 5.69 Å². The molecule has 0 fully saturated rings. The summed E-state index contributed by atoms with van der Waals surface area (Å²) in [6.07, 6.45) is -4.85. The second-order valence-electron chi connectivity index (χ2n) is 2.98. The average molecular weight is 238 g/mol. The monoisotopic (exact) mass is 238 g/mol. The molecule has 0 saturated heterocycles. The summed E-state index contributed by atoms with van der Waals surface area (Å²) in [4.78, 5) is 9.37. The third kappa shape index (κ3) is 2.45. The van der Waals surface area contributed by atoms with Crippen molar-refractivity contribution in [3.05, 3.63) is 39.7 Å². The van der Waals surface area contributed by atoms with Crippen LogP contribution in [0.5, 0.6) is 0 Å². The van der Waals surface area contributed by atoms with Crippen LogP contribution < -0.4 is 5.73 Å². The molecule has 1 aromatic carbocycles. The fourth-order valence-electron chi connectivity index (χ4n) is 1.06. The van der Waals surface area contributed by atoms with E-state index in [1.165, 1.54) is 0 Å². The number of non-ortho nitro benzene ring substituents is 1. The molecule has 0 aliphatic heterocycles. The predicted molar refractivity (Wildman–Crippen MR) is 46.0 cm³/mol. The maximum Gasteiger partial charge on any atom is 0.407 e. The Labute approximate surface area is 86.8 Å². The third-order valence-electron chi connectivity index (χ3n) is 1.88. The molecule has 0 saturated carbocycles. The highest BCUT2D eigenvalue weighted by Crippen LogP contribution is 2.33. The van der Waals surface area contributed by atoms with Gasteiger partial charge in [-0.25, -0.2) is 4.39 Å². The highest BCUT2D eigenvalue weighted by molar-refractivity contribution is 5.37. The van der Waals surface area contributed by atoms with Crippen LogP contribution in [0, 0.1) is 15.9 Å². The molecule has 1 aromatic rings. The van der Waals surface area contributed by atoms with Crippen LogP contribution in [0.25, 0.3) is 0 Å². The molecule has 0 aromatic heterocycles. The van der Waals surface area contributed by atoms with Crippen LogP contribution in [-0.2, 0) is 0 Å². The normalized spacial score (nSPS) is 13.6. The molecular weight excluding hydrogens is 232 g/mol. The van der Waals surface area contributed by atoms with Crippen molar-refractivity contribution in [2.45, 2.75) is 12.2 Å². The second-order valence-corrected chi connectivity index (χ2v) is 2.98. The Morgan fingerprint density at radius 1 is 1.38 bits per heavy atom. The van der Waals surface area contributed by atoms with E-state index in [4.69, 9.17) is 5.73 Å². The molecule has 0 aliphatic carbocycles. The van der Waals surface area contributed by atoms with E-state index in [-0.39, 0.29) is 0 Å². The number of nitro groups is 1. The number of benzene rings is 1. The Kier molecular flexibility index (Phi) is 3.13. The zero-order valence-corrected chi connectivity index (χ0v) is 7.66. The smallest absolute Gasteiger partial charge is 0.316 e. The van der Waals surface area contributed by atoms with Crippen LogP contribution in [-0.4, -0.2) is 11.1 Å². The summed E-state index contributed by atoms with van der Waals surface area (Å²) in [7, 11) is 0. The Hall–Kier alpha value is -1.70. The molecule has 0 unspecified atom stereocenters. The molecule has 0 aliphatic rings. The van der Waals surface area contributed by atoms with E-state index in [0.29, 0.717) is 12.1 Å². The van der Waals surface area contributed by atoms with Crippen LogP contribution >= 0.6 is 0 Å². The van der Waals surface area contributed by atoms with Crippen LogP contribution in [0.15, 0.2) is 18.2 Å². The standard InChI is InChI=1S/C8H6F4N2O2/c9-6-2-1-4(14(15)16)3-5(6)7(13)8(10,11)12/h1-3,7H,13H2/t7-/m1/s1. The van der Waals surface area contributed by atoms with Gasteiger partial charge in [-0.15, -0.1) is 0 Å². The van der Waals surface area contributed by atoms with Crippen molar-refractivity contribution in [3.8, 4) is 0 Å². The van der Waals surface area contributed by atoms with Gasteiger partial charge in [0.15, 0.2) is 0 Å². The van der Waals surface area contributed by atoms with E-state index < -0.39 is 34.2 Å². The predicted octanol–water partition coefficient (Wildman–Crippen LogP) is 2.30.